The number of para-hydroxylation sites is 1. The molecule has 8 nitrogen and oxygen atoms in total. The van der Waals surface area contributed by atoms with E-state index < -0.39 is 5.97 Å². The van der Waals surface area contributed by atoms with Crippen molar-refractivity contribution in [2.45, 2.75) is 0 Å². The molecule has 0 aliphatic rings. The van der Waals surface area contributed by atoms with Gasteiger partial charge in [-0.15, -0.1) is 0 Å². The lowest BCUT2D eigenvalue weighted by atomic mass is 10.1. The number of guanidine groups is 2. The zero-order valence-corrected chi connectivity index (χ0v) is 9.62. The number of hydrogen-bond acceptors (Lipinski definition) is 3. The fraction of sp³-hybridized carbons (Fsp3) is 0.100. The predicted molar refractivity (Wildman–Crippen MR) is 67.0 cm³/mol. The van der Waals surface area contributed by atoms with Crippen LogP contribution >= 0.6 is 0 Å². The third kappa shape index (κ3) is 3.11. The molecule has 1 aromatic rings. The Hall–Kier alpha value is -2.77. The fourth-order valence-electron chi connectivity index (χ4n) is 1.25. The number of aromatic carboxylic acids is 1. The maximum atomic E-state index is 11.0. The van der Waals surface area contributed by atoms with Crippen LogP contribution < -0.4 is 21.9 Å². The number of carboxylic acid groups (broad SMARTS) is 1. The van der Waals surface area contributed by atoms with Crippen LogP contribution in [0.1, 0.15) is 10.4 Å². The monoisotopic (exact) mass is 251 g/mol. The highest BCUT2D eigenvalue weighted by Crippen LogP contribution is 2.31. The first-order chi connectivity index (χ1) is 8.45. The zero-order valence-electron chi connectivity index (χ0n) is 9.62. The van der Waals surface area contributed by atoms with Crippen molar-refractivity contribution < 1.29 is 14.6 Å². The van der Waals surface area contributed by atoms with E-state index >= 15 is 0 Å². The Kier molecular flexibility index (Phi) is 4.08. The van der Waals surface area contributed by atoms with Gasteiger partial charge >= 0.3 is 5.97 Å². The number of carboxylic acids is 1. The molecule has 8 heteroatoms. The van der Waals surface area contributed by atoms with Gasteiger partial charge in [-0.1, -0.05) is 6.07 Å². The number of carbonyl (C=O) groups is 1. The first-order valence-electron chi connectivity index (χ1n) is 4.79. The second-order valence-electron chi connectivity index (χ2n) is 3.17. The van der Waals surface area contributed by atoms with Crippen molar-refractivity contribution in [1.82, 2.24) is 0 Å². The van der Waals surface area contributed by atoms with Gasteiger partial charge in [0, 0.05) is 0 Å². The number of rotatable bonds is 3. The van der Waals surface area contributed by atoms with Crippen LogP contribution in [0.25, 0.3) is 0 Å². The van der Waals surface area contributed by atoms with Gasteiger partial charge in [0.25, 0.3) is 0 Å². The second kappa shape index (κ2) is 5.53. The lowest BCUT2D eigenvalue weighted by Gasteiger charge is -2.07. The summed E-state index contributed by atoms with van der Waals surface area (Å²) in [5.41, 5.74) is 15.7. The molecule has 0 heterocycles. The second-order valence-corrected chi connectivity index (χ2v) is 3.17. The molecule has 0 fully saturated rings. The molecule has 0 spiro atoms. The number of nitrogens with two attached hydrogens (primary N) is 3. The van der Waals surface area contributed by atoms with Gasteiger partial charge in [-0.05, 0) is 12.1 Å². The van der Waals surface area contributed by atoms with Gasteiger partial charge in [-0.25, -0.2) is 9.79 Å². The van der Waals surface area contributed by atoms with Crippen LogP contribution in [0.2, 0.25) is 0 Å². The highest BCUT2D eigenvalue weighted by atomic mass is 16.5. The van der Waals surface area contributed by atoms with Gasteiger partial charge in [0.1, 0.15) is 11.4 Å². The SMILES string of the molecule is COc1cccc(C(=O)O)c1N=C(N)N=C(N)N. The Bertz CT molecular complexity index is 520. The minimum atomic E-state index is -1.16. The van der Waals surface area contributed by atoms with E-state index in [0.29, 0.717) is 0 Å². The summed E-state index contributed by atoms with van der Waals surface area (Å²) in [7, 11) is 1.39. The first-order valence-corrected chi connectivity index (χ1v) is 4.79. The number of ether oxygens (including phenoxy) is 1. The lowest BCUT2D eigenvalue weighted by molar-refractivity contribution is 0.0697. The predicted octanol–water partition coefficient (Wildman–Crippen LogP) is -0.387. The lowest BCUT2D eigenvalue weighted by Crippen LogP contribution is -2.26. The van der Waals surface area contributed by atoms with E-state index in [-0.39, 0.29) is 28.9 Å². The minimum absolute atomic E-state index is 0.0509. The summed E-state index contributed by atoms with van der Waals surface area (Å²) < 4.78 is 5.01. The van der Waals surface area contributed by atoms with E-state index in [1.807, 2.05) is 0 Å². The molecule has 0 radical (unpaired) electrons. The van der Waals surface area contributed by atoms with Gasteiger partial charge in [0.2, 0.25) is 5.96 Å². The van der Waals surface area contributed by atoms with Crippen LogP contribution in [0, 0.1) is 0 Å². The molecule has 96 valence electrons. The Balaban J connectivity index is 3.37. The van der Waals surface area contributed by atoms with Crippen molar-refractivity contribution >= 4 is 23.6 Å². The average Bonchev–Trinajstić information content (AvgIpc) is 2.27. The molecule has 7 N–H and O–H groups in total. The summed E-state index contributed by atoms with van der Waals surface area (Å²) in [6, 6.07) is 4.44. The zero-order chi connectivity index (χ0) is 13.7. The van der Waals surface area contributed by atoms with Crippen molar-refractivity contribution in [2.24, 2.45) is 27.2 Å². The standard InChI is InChI=1S/C10H13N5O3/c1-18-6-4-2-3-5(8(16)17)7(6)14-10(13)15-9(11)12/h2-4H,1H3,(H,16,17)(H6,11,12,13,14,15). The van der Waals surface area contributed by atoms with E-state index in [9.17, 15) is 4.79 Å². The molecule has 0 unspecified atom stereocenters. The van der Waals surface area contributed by atoms with Crippen molar-refractivity contribution in [1.29, 1.82) is 0 Å². The molecular weight excluding hydrogens is 238 g/mol. The van der Waals surface area contributed by atoms with Crippen molar-refractivity contribution in [3.8, 4) is 5.75 Å². The summed E-state index contributed by atoms with van der Waals surface area (Å²) >= 11 is 0. The van der Waals surface area contributed by atoms with Crippen LogP contribution in [0.3, 0.4) is 0 Å². The third-order valence-corrected chi connectivity index (χ3v) is 1.92. The molecule has 0 atom stereocenters. The van der Waals surface area contributed by atoms with Crippen LogP contribution in [0.5, 0.6) is 5.75 Å². The topological polar surface area (TPSA) is 149 Å². The highest BCUT2D eigenvalue weighted by Gasteiger charge is 2.14. The molecule has 0 amide bonds. The van der Waals surface area contributed by atoms with Crippen LogP contribution in [0.4, 0.5) is 5.69 Å². The Morgan fingerprint density at radius 3 is 2.50 bits per heavy atom. The van der Waals surface area contributed by atoms with Crippen LogP contribution in [-0.2, 0) is 0 Å². The maximum absolute atomic E-state index is 11.0. The van der Waals surface area contributed by atoms with Crippen molar-refractivity contribution in [3.05, 3.63) is 23.8 Å². The van der Waals surface area contributed by atoms with E-state index in [1.165, 1.54) is 19.2 Å². The van der Waals surface area contributed by atoms with E-state index in [0.717, 1.165) is 0 Å². The molecule has 0 aromatic heterocycles. The van der Waals surface area contributed by atoms with Crippen LogP contribution in [0.15, 0.2) is 28.2 Å². The van der Waals surface area contributed by atoms with Gasteiger partial charge in [0.05, 0.1) is 12.7 Å². The number of methoxy groups -OCH3 is 1. The van der Waals surface area contributed by atoms with E-state index in [1.54, 1.807) is 6.07 Å². The van der Waals surface area contributed by atoms with Crippen molar-refractivity contribution in [2.75, 3.05) is 7.11 Å². The molecule has 0 aliphatic carbocycles. The summed E-state index contributed by atoms with van der Waals surface area (Å²) in [4.78, 5) is 18.4. The fourth-order valence-corrected chi connectivity index (χ4v) is 1.25. The molecule has 1 rings (SSSR count). The average molecular weight is 251 g/mol. The van der Waals surface area contributed by atoms with E-state index in [4.69, 9.17) is 27.0 Å². The summed E-state index contributed by atoms with van der Waals surface area (Å²) in [6.07, 6.45) is 0. The molecule has 0 saturated carbocycles. The highest BCUT2D eigenvalue weighted by molar-refractivity contribution is 5.99. The Morgan fingerprint density at radius 2 is 2.00 bits per heavy atom. The molecular formula is C10H13N5O3. The van der Waals surface area contributed by atoms with Gasteiger partial charge in [-0.2, -0.15) is 4.99 Å². The van der Waals surface area contributed by atoms with Gasteiger partial charge in [-0.3, -0.25) is 0 Å². The summed E-state index contributed by atoms with van der Waals surface area (Å²) in [6.45, 7) is 0. The number of hydrogen-bond donors (Lipinski definition) is 4. The molecule has 0 saturated heterocycles. The molecule has 1 aromatic carbocycles. The van der Waals surface area contributed by atoms with Gasteiger partial charge in [0.15, 0.2) is 5.96 Å². The largest absolute Gasteiger partial charge is 0.494 e. The first kappa shape index (κ1) is 13.3. The van der Waals surface area contributed by atoms with Crippen molar-refractivity contribution in [3.63, 3.8) is 0 Å². The summed E-state index contributed by atoms with van der Waals surface area (Å²) in [5.74, 6) is -1.45. The Morgan fingerprint density at radius 1 is 1.33 bits per heavy atom. The van der Waals surface area contributed by atoms with Gasteiger partial charge < -0.3 is 27.0 Å². The quantitative estimate of drug-likeness (QED) is 0.424. The molecule has 18 heavy (non-hydrogen) atoms. The molecule has 0 bridgehead atoms. The van der Waals surface area contributed by atoms with E-state index in [2.05, 4.69) is 9.98 Å². The smallest absolute Gasteiger partial charge is 0.338 e. The number of benzene rings is 1. The van der Waals surface area contributed by atoms with Crippen LogP contribution in [-0.4, -0.2) is 30.1 Å². The normalized spacial score (nSPS) is 10.8. The minimum Gasteiger partial charge on any atom is -0.494 e. The maximum Gasteiger partial charge on any atom is 0.338 e. The number of aliphatic imine (C=N–C) groups is 2. The molecule has 0 aliphatic heterocycles. The number of nitrogens with zero attached hydrogens (tertiary/aromatic N) is 2. The third-order valence-electron chi connectivity index (χ3n) is 1.92. The Labute approximate surface area is 103 Å². The summed E-state index contributed by atoms with van der Waals surface area (Å²) in [5, 5.41) is 9.03.